The van der Waals surface area contributed by atoms with Crippen LogP contribution < -0.4 is 0 Å². The van der Waals surface area contributed by atoms with Crippen LogP contribution in [0.15, 0.2) is 0 Å². The van der Waals surface area contributed by atoms with Crippen LogP contribution >= 0.6 is 0 Å². The Kier molecular flexibility index (Phi) is 5.82. The number of carbonyl (C=O) groups is 1. The lowest BCUT2D eigenvalue weighted by atomic mass is 10.5. The zero-order valence-corrected chi connectivity index (χ0v) is 8.36. The maximum Gasteiger partial charge on any atom is 0.434 e. The summed E-state index contributed by atoms with van der Waals surface area (Å²) in [7, 11) is 1.16. The van der Waals surface area contributed by atoms with Crippen LogP contribution in [-0.2, 0) is 28.5 Å². The van der Waals surface area contributed by atoms with E-state index in [0.29, 0.717) is 0 Å². The molecule has 6 heteroatoms. The van der Waals surface area contributed by atoms with Gasteiger partial charge in [-0.3, -0.25) is 0 Å². The number of ether oxygens (including phenoxy) is 4. The average Bonchev–Trinajstić information content (AvgIpc) is 2.17. The van der Waals surface area contributed by atoms with Gasteiger partial charge >= 0.3 is 18.4 Å². The average molecular weight is 205 g/mol. The minimum Gasteiger partial charge on any atom is -0.459 e. The first-order chi connectivity index (χ1) is 6.66. The molecule has 0 amide bonds. The first kappa shape index (κ1) is 12.9. The van der Waals surface area contributed by atoms with Gasteiger partial charge in [0.15, 0.2) is 0 Å². The molecule has 0 aliphatic heterocycles. The second-order valence-corrected chi connectivity index (χ2v) is 2.10. The lowest BCUT2D eigenvalue weighted by molar-refractivity contribution is -0.326. The lowest BCUT2D eigenvalue weighted by Crippen LogP contribution is -2.47. The molecule has 0 saturated carbocycles. The minimum atomic E-state index is -2.13. The van der Waals surface area contributed by atoms with E-state index < -0.39 is 11.9 Å². The first-order valence-electron chi connectivity index (χ1n) is 4.08. The van der Waals surface area contributed by atoms with Gasteiger partial charge in [0.05, 0.1) is 13.2 Å². The predicted molar refractivity (Wildman–Crippen MR) is 44.8 cm³/mol. The molecule has 0 heterocycles. The van der Waals surface area contributed by atoms with Gasteiger partial charge in [0.25, 0.3) is 0 Å². The van der Waals surface area contributed by atoms with E-state index in [4.69, 9.17) is 4.74 Å². The van der Waals surface area contributed by atoms with E-state index >= 15 is 0 Å². The Morgan fingerprint density at radius 1 is 1.36 bits per heavy atom. The summed E-state index contributed by atoms with van der Waals surface area (Å²) in [6, 6.07) is 0. The van der Waals surface area contributed by atoms with Crippen LogP contribution in [0.1, 0.15) is 13.8 Å². The number of rotatable bonds is 7. The molecule has 0 aromatic heterocycles. The summed E-state index contributed by atoms with van der Waals surface area (Å²) < 4.78 is 18.4. The highest BCUT2D eigenvalue weighted by molar-refractivity contribution is 5.77. The maximum absolute atomic E-state index is 11.3. The highest BCUT2D eigenvalue weighted by atomic mass is 16.9. The van der Waals surface area contributed by atoms with Crippen molar-refractivity contribution in [3.63, 3.8) is 0 Å². The Balaban J connectivity index is 4.62. The second-order valence-electron chi connectivity index (χ2n) is 2.10. The molecule has 1 unspecified atom stereocenters. The number of carbonyl (C=O) groups excluding carboxylic acids is 2. The van der Waals surface area contributed by atoms with Crippen LogP contribution in [0.5, 0.6) is 0 Å². The molecule has 0 aromatic carbocycles. The van der Waals surface area contributed by atoms with Gasteiger partial charge in [0.1, 0.15) is 0 Å². The standard InChI is InChI=1S/C8H13O6/c1-4-12-7(10)8(11-3,13-5-2)14-6-9/h4-5H2,1-3H3. The molecule has 0 bridgehead atoms. The Morgan fingerprint density at radius 3 is 2.36 bits per heavy atom. The quantitative estimate of drug-likeness (QED) is 0.429. The van der Waals surface area contributed by atoms with E-state index in [1.807, 2.05) is 0 Å². The summed E-state index contributed by atoms with van der Waals surface area (Å²) >= 11 is 0. The summed E-state index contributed by atoms with van der Waals surface area (Å²) in [5.74, 6) is -3.06. The van der Waals surface area contributed by atoms with Crippen molar-refractivity contribution in [2.75, 3.05) is 20.3 Å². The number of esters is 1. The summed E-state index contributed by atoms with van der Waals surface area (Å²) in [6.07, 6.45) is 0. The van der Waals surface area contributed by atoms with Crippen molar-refractivity contribution in [3.8, 4) is 0 Å². The van der Waals surface area contributed by atoms with Crippen molar-refractivity contribution in [3.05, 3.63) is 0 Å². The first-order valence-corrected chi connectivity index (χ1v) is 4.08. The Labute approximate surface area is 82.1 Å². The molecule has 0 rings (SSSR count). The smallest absolute Gasteiger partial charge is 0.434 e. The van der Waals surface area contributed by atoms with Crippen LogP contribution in [0.3, 0.4) is 0 Å². The highest BCUT2D eigenvalue weighted by Crippen LogP contribution is 2.15. The Bertz CT molecular complexity index is 192. The highest BCUT2D eigenvalue weighted by Gasteiger charge is 2.45. The monoisotopic (exact) mass is 205 g/mol. The SMILES string of the molecule is CCOC(=O)C(OC)(O[C]=O)OCC. The summed E-state index contributed by atoms with van der Waals surface area (Å²) in [4.78, 5) is 21.3. The minimum absolute atomic E-state index is 0.119. The largest absolute Gasteiger partial charge is 0.459 e. The molecule has 81 valence electrons. The van der Waals surface area contributed by atoms with Crippen molar-refractivity contribution >= 4 is 12.4 Å². The number of hydrogen-bond acceptors (Lipinski definition) is 6. The molecule has 14 heavy (non-hydrogen) atoms. The van der Waals surface area contributed by atoms with Crippen LogP contribution in [0.25, 0.3) is 0 Å². The summed E-state index contributed by atoms with van der Waals surface area (Å²) in [6.45, 7) is 4.54. The zero-order chi connectivity index (χ0) is 11.0. The van der Waals surface area contributed by atoms with Crippen molar-refractivity contribution in [2.45, 2.75) is 19.8 Å². The molecule has 0 N–H and O–H groups in total. The Hall–Kier alpha value is -1.14. The van der Waals surface area contributed by atoms with E-state index in [-0.39, 0.29) is 13.2 Å². The van der Waals surface area contributed by atoms with Crippen LogP contribution in [-0.4, -0.2) is 38.7 Å². The van der Waals surface area contributed by atoms with Gasteiger partial charge in [-0.15, -0.1) is 0 Å². The van der Waals surface area contributed by atoms with Gasteiger partial charge in [-0.05, 0) is 13.8 Å². The molecule has 6 nitrogen and oxygen atoms in total. The maximum atomic E-state index is 11.3. The van der Waals surface area contributed by atoms with Crippen LogP contribution in [0.4, 0.5) is 0 Å². The van der Waals surface area contributed by atoms with Gasteiger partial charge in [0.2, 0.25) is 0 Å². The molecular weight excluding hydrogens is 192 g/mol. The third-order valence-corrected chi connectivity index (χ3v) is 1.30. The summed E-state index contributed by atoms with van der Waals surface area (Å²) in [5.41, 5.74) is 0. The summed E-state index contributed by atoms with van der Waals surface area (Å²) in [5, 5.41) is 0. The van der Waals surface area contributed by atoms with Crippen molar-refractivity contribution in [2.24, 2.45) is 0 Å². The number of methoxy groups -OCH3 is 1. The van der Waals surface area contributed by atoms with Crippen LogP contribution in [0, 0.1) is 0 Å². The molecule has 0 saturated heterocycles. The number of hydrogen-bond donors (Lipinski definition) is 0. The van der Waals surface area contributed by atoms with Gasteiger partial charge in [-0.1, -0.05) is 0 Å². The van der Waals surface area contributed by atoms with Crippen molar-refractivity contribution < 1.29 is 28.5 Å². The van der Waals surface area contributed by atoms with Crippen molar-refractivity contribution in [1.82, 2.24) is 0 Å². The van der Waals surface area contributed by atoms with Gasteiger partial charge in [-0.25, -0.2) is 9.59 Å². The van der Waals surface area contributed by atoms with Gasteiger partial charge in [-0.2, -0.15) is 0 Å². The van der Waals surface area contributed by atoms with E-state index in [1.165, 1.54) is 0 Å². The second kappa shape index (κ2) is 6.33. The third kappa shape index (κ3) is 2.97. The molecule has 0 fully saturated rings. The van der Waals surface area contributed by atoms with Gasteiger partial charge < -0.3 is 18.9 Å². The van der Waals surface area contributed by atoms with E-state index in [0.717, 1.165) is 13.6 Å². The van der Waals surface area contributed by atoms with Crippen molar-refractivity contribution in [1.29, 1.82) is 0 Å². The fraction of sp³-hybridized carbons (Fsp3) is 0.750. The fourth-order valence-corrected chi connectivity index (χ4v) is 0.778. The lowest BCUT2D eigenvalue weighted by Gasteiger charge is -2.25. The van der Waals surface area contributed by atoms with E-state index in [2.05, 4.69) is 14.2 Å². The molecule has 0 aromatic rings. The molecule has 0 aliphatic rings. The topological polar surface area (TPSA) is 71.1 Å². The van der Waals surface area contributed by atoms with Crippen LogP contribution in [0.2, 0.25) is 0 Å². The van der Waals surface area contributed by atoms with E-state index in [9.17, 15) is 9.59 Å². The predicted octanol–water partition coefficient (Wildman–Crippen LogP) is -0.0300. The molecule has 0 spiro atoms. The molecular formula is C8H13O6. The Morgan fingerprint density at radius 2 is 2.00 bits per heavy atom. The molecule has 0 aliphatic carbocycles. The van der Waals surface area contributed by atoms with E-state index in [1.54, 1.807) is 13.8 Å². The van der Waals surface area contributed by atoms with Gasteiger partial charge in [0, 0.05) is 7.11 Å². The third-order valence-electron chi connectivity index (χ3n) is 1.30. The fourth-order valence-electron chi connectivity index (χ4n) is 0.778. The zero-order valence-electron chi connectivity index (χ0n) is 8.36. The molecule has 1 atom stereocenters. The normalized spacial score (nSPS) is 14.2. The molecule has 1 radical (unpaired) electrons.